The fourth-order valence-electron chi connectivity index (χ4n) is 4.12. The summed E-state index contributed by atoms with van der Waals surface area (Å²) in [5.74, 6) is 6.41. The van der Waals surface area contributed by atoms with Crippen molar-refractivity contribution in [2.75, 3.05) is 0 Å². The Morgan fingerprint density at radius 2 is 1.30 bits per heavy atom. The van der Waals surface area contributed by atoms with E-state index in [4.69, 9.17) is 0 Å². The van der Waals surface area contributed by atoms with Crippen LogP contribution in [0.3, 0.4) is 0 Å². The predicted molar refractivity (Wildman–Crippen MR) is 138 cm³/mol. The Labute approximate surface area is 197 Å². The Kier molecular flexibility index (Phi) is 7.59. The summed E-state index contributed by atoms with van der Waals surface area (Å²) in [6.07, 6.45) is 6.19. The monoisotopic (exact) mass is 434 g/mol. The first-order valence-corrected chi connectivity index (χ1v) is 12.0. The van der Waals surface area contributed by atoms with Crippen LogP contribution < -0.4 is 0 Å². The normalized spacial score (nSPS) is 10.8. The molecule has 0 saturated heterocycles. The van der Waals surface area contributed by atoms with E-state index in [0.717, 1.165) is 60.6 Å². The second-order valence-electron chi connectivity index (χ2n) is 8.86. The van der Waals surface area contributed by atoms with E-state index in [9.17, 15) is 4.39 Å². The van der Waals surface area contributed by atoms with Gasteiger partial charge in [-0.3, -0.25) is 0 Å². The van der Waals surface area contributed by atoms with Gasteiger partial charge in [-0.05, 0) is 78.9 Å². The average Bonchev–Trinajstić information content (AvgIpc) is 2.84. The third kappa shape index (κ3) is 6.11. The van der Waals surface area contributed by atoms with Gasteiger partial charge in [-0.15, -0.1) is 0 Å². The zero-order chi connectivity index (χ0) is 23.0. The molecule has 0 unspecified atom stereocenters. The van der Waals surface area contributed by atoms with E-state index in [2.05, 4.69) is 74.2 Å². The molecule has 1 heteroatoms. The van der Waals surface area contributed by atoms with Crippen LogP contribution in [0, 0.1) is 24.6 Å². The number of halogens is 1. The quantitative estimate of drug-likeness (QED) is 0.203. The predicted octanol–water partition coefficient (Wildman–Crippen LogP) is 8.21. The van der Waals surface area contributed by atoms with E-state index in [1.165, 1.54) is 16.7 Å². The summed E-state index contributed by atoms with van der Waals surface area (Å²) in [6.45, 7) is 4.28. The van der Waals surface area contributed by atoms with Gasteiger partial charge < -0.3 is 0 Å². The fourth-order valence-corrected chi connectivity index (χ4v) is 4.12. The van der Waals surface area contributed by atoms with Crippen LogP contribution in [-0.4, -0.2) is 0 Å². The first-order chi connectivity index (χ1) is 16.1. The van der Waals surface area contributed by atoms with E-state index in [0.29, 0.717) is 5.39 Å². The van der Waals surface area contributed by atoms with Crippen molar-refractivity contribution in [1.82, 2.24) is 0 Å². The van der Waals surface area contributed by atoms with E-state index in [1.54, 1.807) is 0 Å². The SMILES string of the molecule is CCCCCc1ccc2cc(C#Cc3ccc(CCc4ccc(C)cc4)cc3)ccc2c1F. The minimum atomic E-state index is -0.0793. The van der Waals surface area contributed by atoms with E-state index >= 15 is 0 Å². The Balaban J connectivity index is 1.42. The van der Waals surface area contributed by atoms with Crippen LogP contribution in [0.15, 0.2) is 78.9 Å². The molecular formula is C32H31F. The van der Waals surface area contributed by atoms with Crippen LogP contribution in [-0.2, 0) is 19.3 Å². The molecule has 0 atom stereocenters. The zero-order valence-corrected chi connectivity index (χ0v) is 19.6. The van der Waals surface area contributed by atoms with Crippen LogP contribution in [0.4, 0.5) is 4.39 Å². The molecule has 4 aromatic rings. The van der Waals surface area contributed by atoms with Gasteiger partial charge in [0.25, 0.3) is 0 Å². The molecule has 0 saturated carbocycles. The van der Waals surface area contributed by atoms with Crippen molar-refractivity contribution in [2.45, 2.75) is 52.4 Å². The summed E-state index contributed by atoms with van der Waals surface area (Å²) in [6, 6.07) is 27.0. The molecule has 0 bridgehead atoms. The zero-order valence-electron chi connectivity index (χ0n) is 19.6. The van der Waals surface area contributed by atoms with Crippen molar-refractivity contribution in [2.24, 2.45) is 0 Å². The lowest BCUT2D eigenvalue weighted by Gasteiger charge is -2.07. The molecule has 0 radical (unpaired) electrons. The molecular weight excluding hydrogens is 403 g/mol. The van der Waals surface area contributed by atoms with Crippen molar-refractivity contribution in [3.8, 4) is 11.8 Å². The molecule has 0 spiro atoms. The van der Waals surface area contributed by atoms with Gasteiger partial charge in [0.1, 0.15) is 5.82 Å². The maximum Gasteiger partial charge on any atom is 0.134 e. The van der Waals surface area contributed by atoms with Crippen molar-refractivity contribution in [3.63, 3.8) is 0 Å². The minimum Gasteiger partial charge on any atom is -0.206 e. The molecule has 0 aromatic heterocycles. The maximum absolute atomic E-state index is 14.9. The van der Waals surface area contributed by atoms with Crippen LogP contribution in [0.2, 0.25) is 0 Å². The number of unbranched alkanes of at least 4 members (excludes halogenated alkanes) is 2. The number of hydrogen-bond donors (Lipinski definition) is 0. The lowest BCUT2D eigenvalue weighted by Crippen LogP contribution is -1.93. The van der Waals surface area contributed by atoms with Gasteiger partial charge in [0.2, 0.25) is 0 Å². The molecule has 0 heterocycles. The van der Waals surface area contributed by atoms with E-state index in [1.807, 2.05) is 30.3 Å². The molecule has 0 aliphatic heterocycles. The molecule has 4 aromatic carbocycles. The summed E-state index contributed by atoms with van der Waals surface area (Å²) in [5, 5.41) is 1.59. The van der Waals surface area contributed by atoms with Crippen LogP contribution in [0.1, 0.15) is 59.6 Å². The van der Waals surface area contributed by atoms with Crippen LogP contribution in [0.5, 0.6) is 0 Å². The second-order valence-corrected chi connectivity index (χ2v) is 8.86. The molecule has 0 N–H and O–H groups in total. The van der Waals surface area contributed by atoms with Gasteiger partial charge in [-0.25, -0.2) is 4.39 Å². The number of hydrogen-bond acceptors (Lipinski definition) is 0. The minimum absolute atomic E-state index is 0.0793. The second kappa shape index (κ2) is 11.0. The van der Waals surface area contributed by atoms with Gasteiger partial charge in [-0.1, -0.05) is 91.8 Å². The Hall–Kier alpha value is -3.37. The topological polar surface area (TPSA) is 0 Å². The van der Waals surface area contributed by atoms with Crippen molar-refractivity contribution >= 4 is 10.8 Å². The first kappa shape index (κ1) is 22.8. The van der Waals surface area contributed by atoms with Gasteiger partial charge in [-0.2, -0.15) is 0 Å². The standard InChI is InChI=1S/C32H31F/c1-3-4-5-6-29-20-21-30-23-28(19-22-31(30)32(29)33)18-17-27-15-13-26(14-16-27)12-11-25-9-7-24(2)8-10-25/h7-10,13-16,19-23H,3-6,11-12H2,1-2H3. The molecule has 0 fully saturated rings. The highest BCUT2D eigenvalue weighted by Gasteiger charge is 2.07. The molecule has 33 heavy (non-hydrogen) atoms. The van der Waals surface area contributed by atoms with Gasteiger partial charge >= 0.3 is 0 Å². The number of rotatable bonds is 7. The van der Waals surface area contributed by atoms with Gasteiger partial charge in [0.05, 0.1) is 0 Å². The lowest BCUT2D eigenvalue weighted by molar-refractivity contribution is 0.609. The maximum atomic E-state index is 14.9. The summed E-state index contributed by atoms with van der Waals surface area (Å²) >= 11 is 0. The first-order valence-electron chi connectivity index (χ1n) is 12.0. The van der Waals surface area contributed by atoms with Crippen molar-refractivity contribution < 1.29 is 4.39 Å². The molecule has 4 rings (SSSR count). The number of aryl methyl sites for hydroxylation is 4. The highest BCUT2D eigenvalue weighted by atomic mass is 19.1. The average molecular weight is 435 g/mol. The third-order valence-corrected chi connectivity index (χ3v) is 6.21. The summed E-state index contributed by atoms with van der Waals surface area (Å²) in [4.78, 5) is 0. The molecule has 0 aliphatic rings. The largest absolute Gasteiger partial charge is 0.206 e. The molecule has 166 valence electrons. The Bertz CT molecular complexity index is 1270. The summed E-state index contributed by atoms with van der Waals surface area (Å²) in [7, 11) is 0. The van der Waals surface area contributed by atoms with Gasteiger partial charge in [0.15, 0.2) is 0 Å². The highest BCUT2D eigenvalue weighted by molar-refractivity contribution is 5.85. The number of fused-ring (bicyclic) bond motifs is 1. The Morgan fingerprint density at radius 3 is 2.00 bits per heavy atom. The van der Waals surface area contributed by atoms with Crippen molar-refractivity contribution in [1.29, 1.82) is 0 Å². The van der Waals surface area contributed by atoms with E-state index < -0.39 is 0 Å². The fraction of sp³-hybridized carbons (Fsp3) is 0.250. The summed E-state index contributed by atoms with van der Waals surface area (Å²) in [5.41, 5.74) is 6.70. The smallest absolute Gasteiger partial charge is 0.134 e. The molecule has 0 amide bonds. The molecule has 0 nitrogen and oxygen atoms in total. The lowest BCUT2D eigenvalue weighted by atomic mass is 10.00. The third-order valence-electron chi connectivity index (χ3n) is 6.21. The Morgan fingerprint density at radius 1 is 0.667 bits per heavy atom. The highest BCUT2D eigenvalue weighted by Crippen LogP contribution is 2.23. The van der Waals surface area contributed by atoms with E-state index in [-0.39, 0.29) is 5.82 Å². The summed E-state index contributed by atoms with van der Waals surface area (Å²) < 4.78 is 14.9. The van der Waals surface area contributed by atoms with Crippen molar-refractivity contribution in [3.05, 3.63) is 118 Å². The number of benzene rings is 4. The van der Waals surface area contributed by atoms with Crippen LogP contribution >= 0.6 is 0 Å². The van der Waals surface area contributed by atoms with Gasteiger partial charge in [0, 0.05) is 16.5 Å². The molecule has 0 aliphatic carbocycles. The van der Waals surface area contributed by atoms with Crippen LogP contribution in [0.25, 0.3) is 10.8 Å².